The molecule has 0 aliphatic heterocycles. The lowest BCUT2D eigenvalue weighted by molar-refractivity contribution is -0.119. The Morgan fingerprint density at radius 2 is 1.61 bits per heavy atom. The third-order valence-corrected chi connectivity index (χ3v) is 6.71. The second kappa shape index (κ2) is 9.62. The molecule has 0 spiro atoms. The molecule has 8 heteroatoms. The number of nitrogens with zero attached hydrogens (tertiary/aromatic N) is 3. The highest BCUT2D eigenvalue weighted by atomic mass is 32.2. The summed E-state index contributed by atoms with van der Waals surface area (Å²) in [5, 5.41) is 4.09. The van der Waals surface area contributed by atoms with Crippen molar-refractivity contribution in [1.82, 2.24) is 9.99 Å². The van der Waals surface area contributed by atoms with Crippen molar-refractivity contribution in [3.05, 3.63) is 82.2 Å². The Bertz CT molecular complexity index is 1300. The molecule has 0 saturated heterocycles. The number of anilines is 1. The minimum absolute atomic E-state index is 0.357. The van der Waals surface area contributed by atoms with Crippen LogP contribution in [0.1, 0.15) is 33.6 Å². The molecule has 0 radical (unpaired) electrons. The van der Waals surface area contributed by atoms with Gasteiger partial charge in [0.25, 0.3) is 5.91 Å². The molecule has 174 valence electrons. The molecule has 0 aliphatic carbocycles. The van der Waals surface area contributed by atoms with Crippen molar-refractivity contribution in [2.24, 2.45) is 5.10 Å². The highest BCUT2D eigenvalue weighted by Gasteiger charge is 2.23. The van der Waals surface area contributed by atoms with Crippen molar-refractivity contribution >= 4 is 27.8 Å². The zero-order valence-electron chi connectivity index (χ0n) is 19.9. The van der Waals surface area contributed by atoms with Gasteiger partial charge in [-0.2, -0.15) is 5.10 Å². The summed E-state index contributed by atoms with van der Waals surface area (Å²) in [5.41, 5.74) is 9.69. The van der Waals surface area contributed by atoms with Gasteiger partial charge in [-0.05, 0) is 63.4 Å². The van der Waals surface area contributed by atoms with E-state index in [-0.39, 0.29) is 6.54 Å². The molecule has 0 atom stereocenters. The van der Waals surface area contributed by atoms with E-state index in [1.807, 2.05) is 64.1 Å². The number of aryl methyl sites for hydroxylation is 4. The minimum atomic E-state index is -3.66. The normalized spacial score (nSPS) is 11.7. The van der Waals surface area contributed by atoms with E-state index in [0.29, 0.717) is 5.69 Å². The number of amides is 1. The average Bonchev–Trinajstić information content (AvgIpc) is 3.00. The van der Waals surface area contributed by atoms with Gasteiger partial charge in [-0.3, -0.25) is 9.10 Å². The second-order valence-corrected chi connectivity index (χ2v) is 10.2. The molecule has 3 aromatic rings. The zero-order valence-corrected chi connectivity index (χ0v) is 20.7. The monoisotopic (exact) mass is 466 g/mol. The molecule has 0 unspecified atom stereocenters. The molecular weight excluding hydrogens is 436 g/mol. The summed E-state index contributed by atoms with van der Waals surface area (Å²) in [7, 11) is -3.66. The summed E-state index contributed by atoms with van der Waals surface area (Å²) in [6.45, 7) is 9.36. The smallest absolute Gasteiger partial charge is 0.260 e. The molecule has 0 fully saturated rings. The fourth-order valence-electron chi connectivity index (χ4n) is 4.00. The first-order valence-corrected chi connectivity index (χ1v) is 12.5. The van der Waals surface area contributed by atoms with E-state index in [9.17, 15) is 13.2 Å². The van der Waals surface area contributed by atoms with E-state index in [4.69, 9.17) is 0 Å². The van der Waals surface area contributed by atoms with Crippen molar-refractivity contribution in [1.29, 1.82) is 0 Å². The number of aromatic nitrogens is 1. The predicted molar refractivity (Wildman–Crippen MR) is 134 cm³/mol. The number of nitrogens with one attached hydrogen (secondary N) is 1. The maximum Gasteiger partial charge on any atom is 0.260 e. The van der Waals surface area contributed by atoms with Crippen LogP contribution in [0.15, 0.2) is 53.6 Å². The van der Waals surface area contributed by atoms with Crippen molar-refractivity contribution < 1.29 is 13.2 Å². The van der Waals surface area contributed by atoms with Crippen LogP contribution in [0.3, 0.4) is 0 Å². The minimum Gasteiger partial charge on any atom is -0.318 e. The molecule has 33 heavy (non-hydrogen) atoms. The molecule has 1 aromatic heterocycles. The van der Waals surface area contributed by atoms with Gasteiger partial charge >= 0.3 is 0 Å². The predicted octanol–water partition coefficient (Wildman–Crippen LogP) is 3.94. The number of carbonyl (C=O) groups is 1. The van der Waals surface area contributed by atoms with E-state index in [1.165, 1.54) is 0 Å². The van der Waals surface area contributed by atoms with Gasteiger partial charge in [0.2, 0.25) is 10.0 Å². The Kier molecular flexibility index (Phi) is 7.07. The SMILES string of the molecule is Cc1ccccc1-n1c(C)cc(/C=N\NC(=O)CN(c2c(C)cccc2C)S(C)(=O)=O)c1C. The van der Waals surface area contributed by atoms with Gasteiger partial charge in [-0.1, -0.05) is 36.4 Å². The fraction of sp³-hybridized carbons (Fsp3) is 0.280. The van der Waals surface area contributed by atoms with Gasteiger partial charge in [0.05, 0.1) is 18.2 Å². The highest BCUT2D eigenvalue weighted by molar-refractivity contribution is 7.92. The van der Waals surface area contributed by atoms with Gasteiger partial charge in [0.15, 0.2) is 0 Å². The van der Waals surface area contributed by atoms with Crippen LogP contribution in [-0.4, -0.2) is 37.9 Å². The first-order valence-electron chi connectivity index (χ1n) is 10.6. The molecule has 1 amide bonds. The lowest BCUT2D eigenvalue weighted by Gasteiger charge is -2.25. The maximum atomic E-state index is 12.6. The standard InChI is InChI=1S/C25H30N4O3S/c1-17-10-7-8-13-23(17)29-20(4)14-22(21(29)5)15-26-27-24(30)16-28(33(6,31)32)25-18(2)11-9-12-19(25)3/h7-15H,16H2,1-6H3,(H,27,30)/b26-15-. The molecule has 1 N–H and O–H groups in total. The number of sulfonamides is 1. The van der Waals surface area contributed by atoms with Gasteiger partial charge < -0.3 is 4.57 Å². The number of carbonyl (C=O) groups excluding carboxylic acids is 1. The summed E-state index contributed by atoms with van der Waals surface area (Å²) in [4.78, 5) is 12.6. The van der Waals surface area contributed by atoms with E-state index in [1.54, 1.807) is 6.21 Å². The Morgan fingerprint density at radius 1 is 1.00 bits per heavy atom. The Labute approximate surface area is 195 Å². The quantitative estimate of drug-likeness (QED) is 0.423. The van der Waals surface area contributed by atoms with Gasteiger partial charge in [0, 0.05) is 22.6 Å². The van der Waals surface area contributed by atoms with Gasteiger partial charge in [-0.15, -0.1) is 0 Å². The molecule has 7 nitrogen and oxygen atoms in total. The summed E-state index contributed by atoms with van der Waals surface area (Å²) >= 11 is 0. The molecule has 2 aromatic carbocycles. The van der Waals surface area contributed by atoms with E-state index in [0.717, 1.165) is 49.9 Å². The van der Waals surface area contributed by atoms with Crippen molar-refractivity contribution in [2.45, 2.75) is 34.6 Å². The summed E-state index contributed by atoms with van der Waals surface area (Å²) < 4.78 is 28.1. The number of hydrogen-bond acceptors (Lipinski definition) is 4. The Balaban J connectivity index is 1.79. The first kappa shape index (κ1) is 24.3. The average molecular weight is 467 g/mol. The van der Waals surface area contributed by atoms with Crippen LogP contribution in [-0.2, 0) is 14.8 Å². The molecule has 0 bridgehead atoms. The Morgan fingerprint density at radius 3 is 2.21 bits per heavy atom. The zero-order chi connectivity index (χ0) is 24.3. The van der Waals surface area contributed by atoms with E-state index < -0.39 is 15.9 Å². The van der Waals surface area contributed by atoms with Crippen molar-refractivity contribution in [2.75, 3.05) is 17.1 Å². The summed E-state index contributed by atoms with van der Waals surface area (Å²) in [6, 6.07) is 15.6. The fourth-order valence-corrected chi connectivity index (χ4v) is 4.98. The number of hydrazone groups is 1. The first-order chi connectivity index (χ1) is 15.5. The van der Waals surface area contributed by atoms with E-state index in [2.05, 4.69) is 34.2 Å². The largest absolute Gasteiger partial charge is 0.318 e. The maximum absolute atomic E-state index is 12.6. The van der Waals surface area contributed by atoms with Crippen molar-refractivity contribution in [3.63, 3.8) is 0 Å². The number of hydrogen-bond donors (Lipinski definition) is 1. The van der Waals surface area contributed by atoms with Crippen LogP contribution in [0.5, 0.6) is 0 Å². The lowest BCUT2D eigenvalue weighted by atomic mass is 10.1. The topological polar surface area (TPSA) is 83.8 Å². The lowest BCUT2D eigenvalue weighted by Crippen LogP contribution is -2.39. The summed E-state index contributed by atoms with van der Waals surface area (Å²) in [5.74, 6) is -0.521. The van der Waals surface area contributed by atoms with E-state index >= 15 is 0 Å². The van der Waals surface area contributed by atoms with Crippen LogP contribution < -0.4 is 9.73 Å². The van der Waals surface area contributed by atoms with Crippen LogP contribution >= 0.6 is 0 Å². The van der Waals surface area contributed by atoms with Gasteiger partial charge in [0.1, 0.15) is 6.54 Å². The summed E-state index contributed by atoms with van der Waals surface area (Å²) in [6.07, 6.45) is 2.68. The molecule has 0 aliphatic rings. The number of benzene rings is 2. The number of para-hydroxylation sites is 2. The van der Waals surface area contributed by atoms with Crippen LogP contribution in [0.25, 0.3) is 5.69 Å². The van der Waals surface area contributed by atoms with Crippen molar-refractivity contribution in [3.8, 4) is 5.69 Å². The van der Waals surface area contributed by atoms with Crippen LogP contribution in [0.2, 0.25) is 0 Å². The molecule has 0 saturated carbocycles. The number of rotatable bonds is 7. The Hall–Kier alpha value is -3.39. The van der Waals surface area contributed by atoms with Gasteiger partial charge in [-0.25, -0.2) is 13.8 Å². The van der Waals surface area contributed by atoms with Crippen LogP contribution in [0.4, 0.5) is 5.69 Å². The van der Waals surface area contributed by atoms with Crippen LogP contribution in [0, 0.1) is 34.6 Å². The molecular formula is C25H30N4O3S. The third-order valence-electron chi connectivity index (χ3n) is 5.60. The second-order valence-electron chi connectivity index (χ2n) is 8.25. The molecule has 1 heterocycles. The third kappa shape index (κ3) is 5.34. The highest BCUT2D eigenvalue weighted by Crippen LogP contribution is 2.26. The molecule has 3 rings (SSSR count).